The standard InChI is InChI=1S/C12H15NO2/c1-15-12(14)11-8-10-5-3-2-4-9(10)6-7-13-11/h2-5,11,13H,6-8H2,1H3. The predicted molar refractivity (Wildman–Crippen MR) is 57.7 cm³/mol. The van der Waals surface area contributed by atoms with Crippen LogP contribution in [0.5, 0.6) is 0 Å². The molecule has 1 unspecified atom stereocenters. The van der Waals surface area contributed by atoms with Crippen LogP contribution in [0.3, 0.4) is 0 Å². The zero-order valence-corrected chi connectivity index (χ0v) is 8.82. The number of rotatable bonds is 1. The van der Waals surface area contributed by atoms with Crippen molar-refractivity contribution >= 4 is 5.97 Å². The van der Waals surface area contributed by atoms with Crippen molar-refractivity contribution in [1.29, 1.82) is 0 Å². The summed E-state index contributed by atoms with van der Waals surface area (Å²) in [6.07, 6.45) is 1.70. The van der Waals surface area contributed by atoms with Gasteiger partial charge in [-0.25, -0.2) is 0 Å². The van der Waals surface area contributed by atoms with Crippen LogP contribution < -0.4 is 5.32 Å². The third kappa shape index (κ3) is 2.18. The van der Waals surface area contributed by atoms with Crippen LogP contribution >= 0.6 is 0 Å². The van der Waals surface area contributed by atoms with E-state index in [0.717, 1.165) is 19.4 Å². The Balaban J connectivity index is 2.21. The summed E-state index contributed by atoms with van der Waals surface area (Å²) in [6.45, 7) is 0.830. The summed E-state index contributed by atoms with van der Waals surface area (Å²) in [5, 5.41) is 3.20. The zero-order chi connectivity index (χ0) is 10.7. The third-order valence-electron chi connectivity index (χ3n) is 2.81. The Bertz CT molecular complexity index is 362. The van der Waals surface area contributed by atoms with E-state index in [-0.39, 0.29) is 12.0 Å². The van der Waals surface area contributed by atoms with Crippen LogP contribution in [-0.2, 0) is 22.4 Å². The largest absolute Gasteiger partial charge is 0.468 e. The van der Waals surface area contributed by atoms with Crippen molar-refractivity contribution in [3.8, 4) is 0 Å². The molecule has 0 spiro atoms. The predicted octanol–water partition coefficient (Wildman–Crippen LogP) is 0.916. The second kappa shape index (κ2) is 4.45. The zero-order valence-electron chi connectivity index (χ0n) is 8.82. The topological polar surface area (TPSA) is 38.3 Å². The lowest BCUT2D eigenvalue weighted by Crippen LogP contribution is -2.38. The van der Waals surface area contributed by atoms with Gasteiger partial charge in [-0.1, -0.05) is 24.3 Å². The summed E-state index contributed by atoms with van der Waals surface area (Å²) < 4.78 is 4.76. The van der Waals surface area contributed by atoms with Gasteiger partial charge in [-0.3, -0.25) is 4.79 Å². The highest BCUT2D eigenvalue weighted by Crippen LogP contribution is 2.15. The smallest absolute Gasteiger partial charge is 0.323 e. The van der Waals surface area contributed by atoms with E-state index < -0.39 is 0 Å². The Hall–Kier alpha value is -1.35. The molecule has 3 nitrogen and oxygen atoms in total. The van der Waals surface area contributed by atoms with Gasteiger partial charge in [0.15, 0.2) is 0 Å². The third-order valence-corrected chi connectivity index (χ3v) is 2.81. The van der Waals surface area contributed by atoms with Gasteiger partial charge in [-0.2, -0.15) is 0 Å². The fraction of sp³-hybridized carbons (Fsp3) is 0.417. The molecule has 2 rings (SSSR count). The van der Waals surface area contributed by atoms with E-state index in [4.69, 9.17) is 4.74 Å². The molecule has 1 aliphatic rings. The maximum atomic E-state index is 11.4. The van der Waals surface area contributed by atoms with E-state index in [1.807, 2.05) is 12.1 Å². The van der Waals surface area contributed by atoms with Crippen molar-refractivity contribution in [1.82, 2.24) is 5.32 Å². The average Bonchev–Trinajstić information content (AvgIpc) is 2.49. The quantitative estimate of drug-likeness (QED) is 0.693. The Kier molecular flexibility index (Phi) is 3.02. The van der Waals surface area contributed by atoms with Crippen LogP contribution in [0.1, 0.15) is 11.1 Å². The van der Waals surface area contributed by atoms with Crippen molar-refractivity contribution in [2.45, 2.75) is 18.9 Å². The second-order valence-corrected chi connectivity index (χ2v) is 3.75. The number of nitrogens with one attached hydrogen (secondary N) is 1. The maximum absolute atomic E-state index is 11.4. The molecule has 1 aromatic rings. The molecule has 0 saturated heterocycles. The molecule has 80 valence electrons. The number of ether oxygens (including phenoxy) is 1. The minimum absolute atomic E-state index is 0.174. The number of hydrogen-bond acceptors (Lipinski definition) is 3. The lowest BCUT2D eigenvalue weighted by atomic mass is 10.0. The normalized spacial score (nSPS) is 20.2. The first-order valence-electron chi connectivity index (χ1n) is 5.19. The number of esters is 1. The van der Waals surface area contributed by atoms with E-state index in [1.165, 1.54) is 18.2 Å². The van der Waals surface area contributed by atoms with Gasteiger partial charge in [-0.15, -0.1) is 0 Å². The van der Waals surface area contributed by atoms with E-state index in [9.17, 15) is 4.79 Å². The summed E-state index contributed by atoms with van der Waals surface area (Å²) in [5.41, 5.74) is 2.58. The highest BCUT2D eigenvalue weighted by atomic mass is 16.5. The molecule has 0 saturated carbocycles. The molecular weight excluding hydrogens is 190 g/mol. The molecule has 1 aliphatic heterocycles. The minimum Gasteiger partial charge on any atom is -0.468 e. The van der Waals surface area contributed by atoms with Gasteiger partial charge in [0.1, 0.15) is 6.04 Å². The van der Waals surface area contributed by atoms with Gasteiger partial charge < -0.3 is 10.1 Å². The molecule has 1 atom stereocenters. The van der Waals surface area contributed by atoms with Crippen LogP contribution in [0.15, 0.2) is 24.3 Å². The molecular formula is C12H15NO2. The summed E-state index contributed by atoms with van der Waals surface area (Å²) in [7, 11) is 1.43. The molecule has 1 N–H and O–H groups in total. The van der Waals surface area contributed by atoms with E-state index in [0.29, 0.717) is 0 Å². The molecule has 1 heterocycles. The van der Waals surface area contributed by atoms with E-state index in [1.54, 1.807) is 0 Å². The van der Waals surface area contributed by atoms with Crippen LogP contribution in [0.25, 0.3) is 0 Å². The lowest BCUT2D eigenvalue weighted by Gasteiger charge is -2.12. The fourth-order valence-corrected chi connectivity index (χ4v) is 1.98. The van der Waals surface area contributed by atoms with Gasteiger partial charge in [0, 0.05) is 0 Å². The first kappa shape index (κ1) is 10.2. The highest BCUT2D eigenvalue weighted by molar-refractivity contribution is 5.76. The summed E-state index contributed by atoms with van der Waals surface area (Å²) in [5.74, 6) is -0.174. The van der Waals surface area contributed by atoms with Crippen molar-refractivity contribution < 1.29 is 9.53 Å². The van der Waals surface area contributed by atoms with Crippen LogP contribution in [0, 0.1) is 0 Å². The fourth-order valence-electron chi connectivity index (χ4n) is 1.98. The lowest BCUT2D eigenvalue weighted by molar-refractivity contribution is -0.143. The van der Waals surface area contributed by atoms with Crippen molar-refractivity contribution in [3.05, 3.63) is 35.4 Å². The van der Waals surface area contributed by atoms with Crippen LogP contribution in [0.2, 0.25) is 0 Å². The number of methoxy groups -OCH3 is 1. The van der Waals surface area contributed by atoms with Gasteiger partial charge in [0.05, 0.1) is 7.11 Å². The van der Waals surface area contributed by atoms with Crippen LogP contribution in [-0.4, -0.2) is 25.7 Å². The molecule has 0 amide bonds. The van der Waals surface area contributed by atoms with Crippen molar-refractivity contribution in [2.24, 2.45) is 0 Å². The second-order valence-electron chi connectivity index (χ2n) is 3.75. The Labute approximate surface area is 89.4 Å². The number of fused-ring (bicyclic) bond motifs is 1. The molecule has 0 radical (unpaired) electrons. The molecule has 1 aromatic carbocycles. The van der Waals surface area contributed by atoms with E-state index in [2.05, 4.69) is 17.4 Å². The minimum atomic E-state index is -0.196. The summed E-state index contributed by atoms with van der Waals surface area (Å²) >= 11 is 0. The van der Waals surface area contributed by atoms with Gasteiger partial charge >= 0.3 is 5.97 Å². The maximum Gasteiger partial charge on any atom is 0.323 e. The van der Waals surface area contributed by atoms with Gasteiger partial charge in [0.2, 0.25) is 0 Å². The number of carbonyl (C=O) groups is 1. The van der Waals surface area contributed by atoms with Crippen LogP contribution in [0.4, 0.5) is 0 Å². The monoisotopic (exact) mass is 205 g/mol. The van der Waals surface area contributed by atoms with Gasteiger partial charge in [-0.05, 0) is 30.5 Å². The number of benzene rings is 1. The van der Waals surface area contributed by atoms with Crippen molar-refractivity contribution in [3.63, 3.8) is 0 Å². The average molecular weight is 205 g/mol. The number of carbonyl (C=O) groups excluding carboxylic acids is 1. The molecule has 0 aliphatic carbocycles. The Morgan fingerprint density at radius 3 is 2.87 bits per heavy atom. The first-order chi connectivity index (χ1) is 7.31. The Morgan fingerprint density at radius 2 is 2.13 bits per heavy atom. The highest BCUT2D eigenvalue weighted by Gasteiger charge is 2.22. The number of hydrogen-bond donors (Lipinski definition) is 1. The molecule has 0 fully saturated rings. The van der Waals surface area contributed by atoms with Crippen molar-refractivity contribution in [2.75, 3.05) is 13.7 Å². The summed E-state index contributed by atoms with van der Waals surface area (Å²) in [4.78, 5) is 11.4. The SMILES string of the molecule is COC(=O)C1Cc2ccccc2CCN1. The van der Waals surface area contributed by atoms with Gasteiger partial charge in [0.25, 0.3) is 0 Å². The molecule has 3 heteroatoms. The molecule has 0 aromatic heterocycles. The Morgan fingerprint density at radius 1 is 1.40 bits per heavy atom. The first-order valence-corrected chi connectivity index (χ1v) is 5.19. The molecule has 15 heavy (non-hydrogen) atoms. The van der Waals surface area contributed by atoms with E-state index >= 15 is 0 Å². The summed E-state index contributed by atoms with van der Waals surface area (Å²) in [6, 6.07) is 8.06. The molecule has 0 bridgehead atoms.